The maximum absolute atomic E-state index is 13.0. The highest BCUT2D eigenvalue weighted by Gasteiger charge is 2.24. The molecule has 1 aliphatic rings. The number of rotatable bonds is 4. The van der Waals surface area contributed by atoms with E-state index in [9.17, 15) is 9.59 Å². The average molecular weight is 454 g/mol. The Morgan fingerprint density at radius 2 is 1.91 bits per heavy atom. The molecule has 1 saturated heterocycles. The Kier molecular flexibility index (Phi) is 5.17. The number of nitrogens with zero attached hydrogens (tertiary/aromatic N) is 5. The second-order valence-electron chi connectivity index (χ2n) is 8.07. The first kappa shape index (κ1) is 20.6. The van der Waals surface area contributed by atoms with Crippen LogP contribution in [0.15, 0.2) is 45.8 Å². The van der Waals surface area contributed by atoms with Gasteiger partial charge in [0.05, 0.1) is 11.8 Å². The van der Waals surface area contributed by atoms with Gasteiger partial charge >= 0.3 is 0 Å². The van der Waals surface area contributed by atoms with Crippen molar-refractivity contribution in [1.82, 2.24) is 19.1 Å². The van der Waals surface area contributed by atoms with Crippen molar-refractivity contribution in [2.45, 2.75) is 26.8 Å². The maximum Gasteiger partial charge on any atom is 0.291 e. The molecule has 1 aromatic carbocycles. The lowest BCUT2D eigenvalue weighted by Crippen LogP contribution is -2.50. The van der Waals surface area contributed by atoms with Gasteiger partial charge in [0.15, 0.2) is 5.58 Å². The van der Waals surface area contributed by atoms with Crippen LogP contribution >= 0.6 is 11.6 Å². The average Bonchev–Trinajstić information content (AvgIpc) is 3.39. The maximum atomic E-state index is 13.0. The van der Waals surface area contributed by atoms with Crippen molar-refractivity contribution in [1.29, 1.82) is 0 Å². The van der Waals surface area contributed by atoms with Crippen molar-refractivity contribution in [2.24, 2.45) is 0 Å². The number of benzene rings is 1. The van der Waals surface area contributed by atoms with Gasteiger partial charge in [-0.25, -0.2) is 4.68 Å². The number of fused-ring (bicyclic) bond motifs is 3. The topological polar surface area (TPSA) is 76.0 Å². The largest absolute Gasteiger partial charge is 0.463 e. The standard InChI is InChI=1S/C23H24ClN5O3/c1-3-21-25-28(23(31)19-13-20-17(29(19)21)6-11-32-20)14-22(30)27-9-7-26(8-10-27)18-12-16(24)5-4-15(18)2/h4-6,11-13H,3,7-10,14H2,1-2H3. The molecule has 0 atom stereocenters. The van der Waals surface area contributed by atoms with E-state index < -0.39 is 0 Å². The number of furan rings is 1. The Morgan fingerprint density at radius 3 is 2.66 bits per heavy atom. The molecule has 5 rings (SSSR count). The summed E-state index contributed by atoms with van der Waals surface area (Å²) in [5.41, 5.74) is 3.87. The van der Waals surface area contributed by atoms with Crippen LogP contribution in [-0.4, -0.2) is 51.2 Å². The Morgan fingerprint density at radius 1 is 1.12 bits per heavy atom. The number of halogens is 1. The molecule has 0 bridgehead atoms. The number of hydrogen-bond acceptors (Lipinski definition) is 5. The van der Waals surface area contributed by atoms with E-state index in [1.165, 1.54) is 4.68 Å². The highest BCUT2D eigenvalue weighted by molar-refractivity contribution is 6.30. The van der Waals surface area contributed by atoms with Crippen LogP contribution in [-0.2, 0) is 17.8 Å². The number of hydrogen-bond donors (Lipinski definition) is 0. The summed E-state index contributed by atoms with van der Waals surface area (Å²) in [7, 11) is 0. The molecule has 0 spiro atoms. The molecule has 0 aliphatic carbocycles. The molecule has 0 unspecified atom stereocenters. The first-order valence-electron chi connectivity index (χ1n) is 10.7. The summed E-state index contributed by atoms with van der Waals surface area (Å²) in [6.45, 7) is 6.54. The monoisotopic (exact) mass is 453 g/mol. The molecule has 3 aromatic heterocycles. The minimum absolute atomic E-state index is 0.0783. The van der Waals surface area contributed by atoms with Gasteiger partial charge in [0, 0.05) is 55.4 Å². The predicted molar refractivity (Wildman–Crippen MR) is 124 cm³/mol. The SMILES string of the molecule is CCc1nn(CC(=O)N2CCN(c3cc(Cl)ccc3C)CC2)c(=O)c2cc3occc3n12. The molecule has 4 aromatic rings. The molecule has 166 valence electrons. The van der Waals surface area contributed by atoms with Crippen LogP contribution < -0.4 is 10.5 Å². The van der Waals surface area contributed by atoms with E-state index in [1.54, 1.807) is 17.2 Å². The number of amides is 1. The Hall–Kier alpha value is -3.26. The fraction of sp³-hybridized carbons (Fsp3) is 0.348. The third-order valence-electron chi connectivity index (χ3n) is 6.12. The molecule has 1 fully saturated rings. The van der Waals surface area contributed by atoms with E-state index in [-0.39, 0.29) is 18.0 Å². The van der Waals surface area contributed by atoms with Crippen LogP contribution in [0.5, 0.6) is 0 Å². The number of piperazine rings is 1. The van der Waals surface area contributed by atoms with E-state index in [2.05, 4.69) is 16.9 Å². The lowest BCUT2D eigenvalue weighted by Gasteiger charge is -2.37. The molecule has 9 heteroatoms. The van der Waals surface area contributed by atoms with Crippen LogP contribution in [0.4, 0.5) is 5.69 Å². The van der Waals surface area contributed by atoms with Gasteiger partial charge in [-0.3, -0.25) is 14.0 Å². The summed E-state index contributed by atoms with van der Waals surface area (Å²) in [4.78, 5) is 30.1. The summed E-state index contributed by atoms with van der Waals surface area (Å²) >= 11 is 6.17. The van der Waals surface area contributed by atoms with E-state index in [0.717, 1.165) is 16.8 Å². The van der Waals surface area contributed by atoms with Gasteiger partial charge < -0.3 is 14.2 Å². The van der Waals surface area contributed by atoms with Gasteiger partial charge in [-0.1, -0.05) is 24.6 Å². The van der Waals surface area contributed by atoms with Crippen molar-refractivity contribution in [3.8, 4) is 0 Å². The number of aromatic nitrogens is 3. The zero-order valence-electron chi connectivity index (χ0n) is 18.0. The Labute approximate surface area is 189 Å². The van der Waals surface area contributed by atoms with Gasteiger partial charge in [-0.15, -0.1) is 0 Å². The summed E-state index contributed by atoms with van der Waals surface area (Å²) in [5.74, 6) is 0.605. The Bertz CT molecular complexity index is 1380. The van der Waals surface area contributed by atoms with Gasteiger partial charge in [-0.2, -0.15) is 5.10 Å². The van der Waals surface area contributed by atoms with Crippen molar-refractivity contribution in [2.75, 3.05) is 31.1 Å². The summed E-state index contributed by atoms with van der Waals surface area (Å²) < 4.78 is 8.55. The molecule has 1 amide bonds. The van der Waals surface area contributed by atoms with Crippen molar-refractivity contribution in [3.05, 3.63) is 63.4 Å². The van der Waals surface area contributed by atoms with Crippen molar-refractivity contribution < 1.29 is 9.21 Å². The molecule has 0 saturated carbocycles. The molecule has 8 nitrogen and oxygen atoms in total. The zero-order valence-corrected chi connectivity index (χ0v) is 18.8. The fourth-order valence-corrected chi connectivity index (χ4v) is 4.57. The lowest BCUT2D eigenvalue weighted by atomic mass is 10.1. The summed E-state index contributed by atoms with van der Waals surface area (Å²) in [5, 5.41) is 5.20. The fourth-order valence-electron chi connectivity index (χ4n) is 4.41. The minimum atomic E-state index is -0.296. The highest BCUT2D eigenvalue weighted by atomic mass is 35.5. The van der Waals surface area contributed by atoms with Crippen LogP contribution in [0.1, 0.15) is 18.3 Å². The number of aryl methyl sites for hydroxylation is 2. The predicted octanol–water partition coefficient (Wildman–Crippen LogP) is 3.12. The van der Waals surface area contributed by atoms with Gasteiger partial charge in [-0.05, 0) is 24.6 Å². The molecule has 32 heavy (non-hydrogen) atoms. The van der Waals surface area contributed by atoms with Crippen molar-refractivity contribution in [3.63, 3.8) is 0 Å². The second-order valence-corrected chi connectivity index (χ2v) is 8.50. The zero-order chi connectivity index (χ0) is 22.4. The number of carbonyl (C=O) groups excluding carboxylic acids is 1. The van der Waals surface area contributed by atoms with Gasteiger partial charge in [0.25, 0.3) is 5.56 Å². The van der Waals surface area contributed by atoms with Crippen molar-refractivity contribution >= 4 is 39.8 Å². The summed E-state index contributed by atoms with van der Waals surface area (Å²) in [6, 6.07) is 9.39. The Balaban J connectivity index is 1.35. The molecule has 4 heterocycles. The smallest absolute Gasteiger partial charge is 0.291 e. The van der Waals surface area contributed by atoms with E-state index in [4.69, 9.17) is 16.0 Å². The molecular formula is C23H24ClN5O3. The quantitative estimate of drug-likeness (QED) is 0.474. The van der Waals surface area contributed by atoms with Gasteiger partial charge in [0.2, 0.25) is 5.91 Å². The van der Waals surface area contributed by atoms with E-state index in [0.29, 0.717) is 54.5 Å². The number of anilines is 1. The summed E-state index contributed by atoms with van der Waals surface area (Å²) in [6.07, 6.45) is 2.22. The van der Waals surface area contributed by atoms with Crippen LogP contribution in [0.3, 0.4) is 0 Å². The first-order chi connectivity index (χ1) is 15.5. The number of carbonyl (C=O) groups is 1. The van der Waals surface area contributed by atoms with E-state index in [1.807, 2.05) is 35.6 Å². The minimum Gasteiger partial charge on any atom is -0.463 e. The van der Waals surface area contributed by atoms with Gasteiger partial charge in [0.1, 0.15) is 17.9 Å². The molecule has 1 aliphatic heterocycles. The molecule has 0 radical (unpaired) electrons. The normalized spacial score (nSPS) is 14.6. The lowest BCUT2D eigenvalue weighted by molar-refractivity contribution is -0.132. The third-order valence-corrected chi connectivity index (χ3v) is 6.35. The van der Waals surface area contributed by atoms with E-state index >= 15 is 0 Å². The van der Waals surface area contributed by atoms with Crippen LogP contribution in [0.25, 0.3) is 16.6 Å². The highest BCUT2D eigenvalue weighted by Crippen LogP contribution is 2.25. The molecule has 0 N–H and O–H groups in total. The third kappa shape index (κ3) is 3.44. The van der Waals surface area contributed by atoms with Crippen LogP contribution in [0, 0.1) is 6.92 Å². The first-order valence-corrected chi connectivity index (χ1v) is 11.1. The second kappa shape index (κ2) is 8.02. The molecular weight excluding hydrogens is 430 g/mol. The van der Waals surface area contributed by atoms with Crippen LogP contribution in [0.2, 0.25) is 5.02 Å².